The predicted molar refractivity (Wildman–Crippen MR) is 94.2 cm³/mol. The van der Waals surface area contributed by atoms with Gasteiger partial charge in [0.25, 0.3) is 0 Å². The highest BCUT2D eigenvalue weighted by Crippen LogP contribution is 2.19. The van der Waals surface area contributed by atoms with Crippen molar-refractivity contribution in [3.63, 3.8) is 0 Å². The Morgan fingerprint density at radius 2 is 1.92 bits per heavy atom. The summed E-state index contributed by atoms with van der Waals surface area (Å²) >= 11 is 0. The number of esters is 1. The third-order valence-corrected chi connectivity index (χ3v) is 3.96. The van der Waals surface area contributed by atoms with Crippen molar-refractivity contribution in [2.24, 2.45) is 0 Å². The summed E-state index contributed by atoms with van der Waals surface area (Å²) in [6.45, 7) is 4.75. The maximum absolute atomic E-state index is 11.6. The van der Waals surface area contributed by atoms with E-state index < -0.39 is 0 Å². The van der Waals surface area contributed by atoms with Crippen LogP contribution < -0.4 is 0 Å². The fourth-order valence-electron chi connectivity index (χ4n) is 2.52. The van der Waals surface area contributed by atoms with Gasteiger partial charge >= 0.3 is 5.97 Å². The standard InChI is InChI=1S/C19H20N4O2/c1-13(2)15-7-9-16(10-8-15)18-20-22-23(21-18)12-14-5-4-6-17(11-14)19(24)25-3/h4-11,13H,12H2,1-3H3. The first-order valence-corrected chi connectivity index (χ1v) is 8.12. The van der Waals surface area contributed by atoms with Crippen LogP contribution in [0.15, 0.2) is 48.5 Å². The third kappa shape index (κ3) is 3.91. The summed E-state index contributed by atoms with van der Waals surface area (Å²) in [6.07, 6.45) is 0. The van der Waals surface area contributed by atoms with Gasteiger partial charge in [-0.25, -0.2) is 4.79 Å². The molecule has 0 N–H and O–H groups in total. The Morgan fingerprint density at radius 3 is 2.60 bits per heavy atom. The molecule has 128 valence electrons. The van der Waals surface area contributed by atoms with Crippen molar-refractivity contribution in [3.05, 3.63) is 65.2 Å². The van der Waals surface area contributed by atoms with E-state index in [0.717, 1.165) is 11.1 Å². The fourth-order valence-corrected chi connectivity index (χ4v) is 2.52. The van der Waals surface area contributed by atoms with Crippen molar-refractivity contribution in [1.82, 2.24) is 20.2 Å². The van der Waals surface area contributed by atoms with Crippen LogP contribution in [0, 0.1) is 0 Å². The summed E-state index contributed by atoms with van der Waals surface area (Å²) in [6, 6.07) is 15.4. The van der Waals surface area contributed by atoms with E-state index in [1.165, 1.54) is 17.5 Å². The molecule has 6 nitrogen and oxygen atoms in total. The molecule has 0 spiro atoms. The van der Waals surface area contributed by atoms with Crippen molar-refractivity contribution >= 4 is 5.97 Å². The van der Waals surface area contributed by atoms with E-state index in [0.29, 0.717) is 23.9 Å². The van der Waals surface area contributed by atoms with Crippen LogP contribution in [0.5, 0.6) is 0 Å². The molecule has 0 saturated carbocycles. The highest BCUT2D eigenvalue weighted by atomic mass is 16.5. The molecule has 6 heteroatoms. The minimum atomic E-state index is -0.362. The Balaban J connectivity index is 1.77. The second-order valence-electron chi connectivity index (χ2n) is 6.11. The number of benzene rings is 2. The second kappa shape index (κ2) is 7.25. The van der Waals surface area contributed by atoms with E-state index in [-0.39, 0.29) is 5.97 Å². The van der Waals surface area contributed by atoms with Crippen molar-refractivity contribution in [3.8, 4) is 11.4 Å². The lowest BCUT2D eigenvalue weighted by atomic mass is 10.0. The molecule has 0 aliphatic heterocycles. The van der Waals surface area contributed by atoms with E-state index in [4.69, 9.17) is 4.74 Å². The Labute approximate surface area is 146 Å². The molecular weight excluding hydrogens is 316 g/mol. The van der Waals surface area contributed by atoms with Crippen LogP contribution in [-0.4, -0.2) is 33.3 Å². The monoisotopic (exact) mass is 336 g/mol. The van der Waals surface area contributed by atoms with Gasteiger partial charge in [0, 0.05) is 5.56 Å². The van der Waals surface area contributed by atoms with Gasteiger partial charge < -0.3 is 4.74 Å². The lowest BCUT2D eigenvalue weighted by Crippen LogP contribution is -2.06. The number of carbonyl (C=O) groups is 1. The smallest absolute Gasteiger partial charge is 0.337 e. The van der Waals surface area contributed by atoms with E-state index >= 15 is 0 Å². The zero-order valence-electron chi connectivity index (χ0n) is 14.5. The summed E-state index contributed by atoms with van der Waals surface area (Å²) in [7, 11) is 1.37. The summed E-state index contributed by atoms with van der Waals surface area (Å²) in [5.74, 6) is 0.707. The van der Waals surface area contributed by atoms with E-state index in [1.54, 1.807) is 12.1 Å². The molecule has 3 aromatic rings. The number of hydrogen-bond donors (Lipinski definition) is 0. The van der Waals surface area contributed by atoms with E-state index in [1.807, 2.05) is 24.3 Å². The molecule has 0 aliphatic carbocycles. The summed E-state index contributed by atoms with van der Waals surface area (Å²) in [5, 5.41) is 12.6. The van der Waals surface area contributed by atoms with Gasteiger partial charge in [-0.15, -0.1) is 10.2 Å². The molecule has 2 aromatic carbocycles. The average Bonchev–Trinajstić information content (AvgIpc) is 3.09. The number of ether oxygens (including phenoxy) is 1. The minimum Gasteiger partial charge on any atom is -0.465 e. The van der Waals surface area contributed by atoms with Gasteiger partial charge in [0.1, 0.15) is 0 Å². The van der Waals surface area contributed by atoms with Crippen molar-refractivity contribution in [2.45, 2.75) is 26.3 Å². The molecule has 0 atom stereocenters. The van der Waals surface area contributed by atoms with E-state index in [2.05, 4.69) is 41.4 Å². The van der Waals surface area contributed by atoms with Gasteiger partial charge in [-0.3, -0.25) is 0 Å². The number of carbonyl (C=O) groups excluding carboxylic acids is 1. The minimum absolute atomic E-state index is 0.362. The SMILES string of the molecule is COC(=O)c1cccc(Cn2nnc(-c3ccc(C(C)C)cc3)n2)c1. The number of tetrazole rings is 1. The number of hydrogen-bond acceptors (Lipinski definition) is 5. The number of aromatic nitrogens is 4. The van der Waals surface area contributed by atoms with Crippen LogP contribution >= 0.6 is 0 Å². The zero-order valence-corrected chi connectivity index (χ0v) is 14.5. The summed E-state index contributed by atoms with van der Waals surface area (Å²) < 4.78 is 4.74. The molecule has 0 unspecified atom stereocenters. The van der Waals surface area contributed by atoms with Crippen LogP contribution in [-0.2, 0) is 11.3 Å². The Kier molecular flexibility index (Phi) is 4.88. The van der Waals surface area contributed by atoms with Crippen molar-refractivity contribution < 1.29 is 9.53 Å². The van der Waals surface area contributed by atoms with Gasteiger partial charge in [0.05, 0.1) is 19.2 Å². The Bertz CT molecular complexity index is 869. The summed E-state index contributed by atoms with van der Waals surface area (Å²) in [4.78, 5) is 13.1. The molecule has 0 saturated heterocycles. The molecular formula is C19H20N4O2. The molecule has 0 radical (unpaired) electrons. The zero-order chi connectivity index (χ0) is 17.8. The highest BCUT2D eigenvalue weighted by molar-refractivity contribution is 5.89. The Morgan fingerprint density at radius 1 is 1.16 bits per heavy atom. The number of rotatable bonds is 5. The first-order valence-electron chi connectivity index (χ1n) is 8.12. The van der Waals surface area contributed by atoms with Crippen molar-refractivity contribution in [1.29, 1.82) is 0 Å². The molecule has 25 heavy (non-hydrogen) atoms. The predicted octanol–water partition coefficient (Wildman–Crippen LogP) is 3.30. The van der Waals surface area contributed by atoms with Crippen LogP contribution in [0.25, 0.3) is 11.4 Å². The third-order valence-electron chi connectivity index (χ3n) is 3.96. The lowest BCUT2D eigenvalue weighted by molar-refractivity contribution is 0.0600. The summed E-state index contributed by atoms with van der Waals surface area (Å²) in [5.41, 5.74) is 3.61. The lowest BCUT2D eigenvalue weighted by Gasteiger charge is -2.04. The average molecular weight is 336 g/mol. The van der Waals surface area contributed by atoms with Crippen LogP contribution in [0.4, 0.5) is 0 Å². The maximum Gasteiger partial charge on any atom is 0.337 e. The molecule has 3 rings (SSSR count). The molecule has 0 aliphatic rings. The highest BCUT2D eigenvalue weighted by Gasteiger charge is 2.09. The van der Waals surface area contributed by atoms with Gasteiger partial charge in [0.15, 0.2) is 0 Å². The van der Waals surface area contributed by atoms with Gasteiger partial charge in [-0.2, -0.15) is 4.80 Å². The van der Waals surface area contributed by atoms with Gasteiger partial charge in [-0.1, -0.05) is 50.2 Å². The quantitative estimate of drug-likeness (QED) is 0.669. The van der Waals surface area contributed by atoms with E-state index in [9.17, 15) is 4.79 Å². The Hall–Kier alpha value is -3.02. The van der Waals surface area contributed by atoms with Crippen LogP contribution in [0.3, 0.4) is 0 Å². The maximum atomic E-state index is 11.6. The first-order chi connectivity index (χ1) is 12.1. The number of nitrogens with zero attached hydrogens (tertiary/aromatic N) is 4. The van der Waals surface area contributed by atoms with Gasteiger partial charge in [0.2, 0.25) is 5.82 Å². The van der Waals surface area contributed by atoms with Crippen LogP contribution in [0.2, 0.25) is 0 Å². The molecule has 1 aromatic heterocycles. The largest absolute Gasteiger partial charge is 0.465 e. The van der Waals surface area contributed by atoms with Crippen molar-refractivity contribution in [2.75, 3.05) is 7.11 Å². The van der Waals surface area contributed by atoms with Gasteiger partial charge in [-0.05, 0) is 34.4 Å². The molecule has 0 fully saturated rings. The topological polar surface area (TPSA) is 69.9 Å². The molecule has 0 bridgehead atoms. The fraction of sp³-hybridized carbons (Fsp3) is 0.263. The molecule has 0 amide bonds. The second-order valence-corrected chi connectivity index (χ2v) is 6.11. The number of methoxy groups -OCH3 is 1. The van der Waals surface area contributed by atoms with Crippen LogP contribution in [0.1, 0.15) is 41.3 Å². The normalized spacial score (nSPS) is 10.9. The first kappa shape index (κ1) is 16.8. The molecule has 1 heterocycles.